The molecule has 7 heteroatoms. The highest BCUT2D eigenvalue weighted by Gasteiger charge is 2.20. The van der Waals surface area contributed by atoms with E-state index in [1.165, 1.54) is 17.4 Å². The van der Waals surface area contributed by atoms with Gasteiger partial charge in [0.2, 0.25) is 0 Å². The van der Waals surface area contributed by atoms with Gasteiger partial charge in [0.15, 0.2) is 0 Å². The van der Waals surface area contributed by atoms with Crippen LogP contribution in [0.25, 0.3) is 10.2 Å². The molecule has 0 spiro atoms. The smallest absolute Gasteiger partial charge is 0.266 e. The van der Waals surface area contributed by atoms with Crippen molar-refractivity contribution >= 4 is 33.1 Å². The number of phenolic OH excluding ortho intramolecular Hbond substituents is 1. The Kier molecular flexibility index (Phi) is 4.85. The summed E-state index contributed by atoms with van der Waals surface area (Å²) in [5, 5.41) is 13.0. The number of phenols is 1. The predicted molar refractivity (Wildman–Crippen MR) is 99.6 cm³/mol. The van der Waals surface area contributed by atoms with Crippen molar-refractivity contribution in [2.45, 2.75) is 33.2 Å². The van der Waals surface area contributed by atoms with Crippen LogP contribution >= 0.6 is 11.3 Å². The van der Waals surface area contributed by atoms with Crippen molar-refractivity contribution in [1.82, 2.24) is 9.55 Å². The lowest BCUT2D eigenvalue weighted by Crippen LogP contribution is -2.20. The maximum absolute atomic E-state index is 12.7. The summed E-state index contributed by atoms with van der Waals surface area (Å²) >= 11 is 1.19. The van der Waals surface area contributed by atoms with Gasteiger partial charge in [0.05, 0.1) is 22.3 Å². The highest BCUT2D eigenvalue weighted by molar-refractivity contribution is 7.20. The van der Waals surface area contributed by atoms with E-state index in [0.717, 1.165) is 12.8 Å². The van der Waals surface area contributed by atoms with Crippen LogP contribution in [0.2, 0.25) is 0 Å². The molecule has 130 valence electrons. The van der Waals surface area contributed by atoms with Crippen LogP contribution in [0.15, 0.2) is 35.4 Å². The van der Waals surface area contributed by atoms with E-state index in [0.29, 0.717) is 32.9 Å². The molecular weight excluding hydrogens is 338 g/mol. The van der Waals surface area contributed by atoms with E-state index in [4.69, 9.17) is 0 Å². The summed E-state index contributed by atoms with van der Waals surface area (Å²) in [4.78, 5) is 30.6. The molecule has 0 bridgehead atoms. The Balaban J connectivity index is 1.99. The van der Waals surface area contributed by atoms with Crippen LogP contribution in [0, 0.1) is 6.92 Å². The predicted octanol–water partition coefficient (Wildman–Crippen LogP) is 3.52. The van der Waals surface area contributed by atoms with Crippen LogP contribution in [-0.4, -0.2) is 20.6 Å². The molecule has 0 radical (unpaired) electrons. The Labute approximate surface area is 148 Å². The van der Waals surface area contributed by atoms with E-state index in [-0.39, 0.29) is 17.2 Å². The highest BCUT2D eigenvalue weighted by Crippen LogP contribution is 2.29. The van der Waals surface area contributed by atoms with Crippen molar-refractivity contribution in [3.05, 3.63) is 51.4 Å². The lowest BCUT2D eigenvalue weighted by atomic mass is 10.2. The van der Waals surface area contributed by atoms with Gasteiger partial charge in [0.1, 0.15) is 10.6 Å². The molecule has 0 fully saturated rings. The summed E-state index contributed by atoms with van der Waals surface area (Å²) in [5.74, 6) is -0.365. The maximum Gasteiger partial charge on any atom is 0.266 e. The second-order valence-electron chi connectivity index (χ2n) is 5.80. The SMILES string of the molecule is CCCCn1cnc2sc(C(=O)Nc3ccccc3O)c(C)c2c1=O. The molecule has 3 aromatic rings. The molecule has 0 aliphatic carbocycles. The van der Waals surface area contributed by atoms with E-state index >= 15 is 0 Å². The van der Waals surface area contributed by atoms with Crippen molar-refractivity contribution < 1.29 is 9.90 Å². The second-order valence-corrected chi connectivity index (χ2v) is 6.80. The summed E-state index contributed by atoms with van der Waals surface area (Å²) in [6, 6.07) is 6.52. The number of carbonyl (C=O) groups excluding carboxylic acids is 1. The molecule has 1 aromatic carbocycles. The molecule has 0 atom stereocenters. The quantitative estimate of drug-likeness (QED) is 0.684. The number of fused-ring (bicyclic) bond motifs is 1. The molecule has 2 aromatic heterocycles. The van der Waals surface area contributed by atoms with Crippen molar-refractivity contribution in [3.63, 3.8) is 0 Å². The van der Waals surface area contributed by atoms with Crippen LogP contribution in [-0.2, 0) is 6.54 Å². The first-order valence-electron chi connectivity index (χ1n) is 8.10. The summed E-state index contributed by atoms with van der Waals surface area (Å²) in [5.41, 5.74) is 0.836. The van der Waals surface area contributed by atoms with Crippen LogP contribution in [0.4, 0.5) is 5.69 Å². The Bertz CT molecular complexity index is 991. The van der Waals surface area contributed by atoms with Crippen molar-refractivity contribution in [2.75, 3.05) is 5.32 Å². The van der Waals surface area contributed by atoms with Gasteiger partial charge in [-0.2, -0.15) is 0 Å². The Hall–Kier alpha value is -2.67. The number of aromatic nitrogens is 2. The summed E-state index contributed by atoms with van der Waals surface area (Å²) in [6.07, 6.45) is 3.43. The van der Waals surface area contributed by atoms with Crippen LogP contribution < -0.4 is 10.9 Å². The number of unbranched alkanes of at least 4 members (excludes halogenated alkanes) is 1. The summed E-state index contributed by atoms with van der Waals surface area (Å²) in [6.45, 7) is 4.44. The minimum absolute atomic E-state index is 0.00494. The minimum atomic E-state index is -0.360. The lowest BCUT2D eigenvalue weighted by Gasteiger charge is -2.06. The Morgan fingerprint density at radius 1 is 1.36 bits per heavy atom. The number of hydrogen-bond acceptors (Lipinski definition) is 5. The second kappa shape index (κ2) is 7.06. The fourth-order valence-corrected chi connectivity index (χ4v) is 3.66. The number of para-hydroxylation sites is 2. The topological polar surface area (TPSA) is 84.2 Å². The van der Waals surface area contributed by atoms with Crippen molar-refractivity contribution in [3.8, 4) is 5.75 Å². The molecule has 0 unspecified atom stereocenters. The third kappa shape index (κ3) is 3.28. The fraction of sp³-hybridized carbons (Fsp3) is 0.278. The number of benzene rings is 1. The van der Waals surface area contributed by atoms with Crippen LogP contribution in [0.5, 0.6) is 5.75 Å². The van der Waals surface area contributed by atoms with Gasteiger partial charge >= 0.3 is 0 Å². The van der Waals surface area contributed by atoms with Gasteiger partial charge in [-0.25, -0.2) is 4.98 Å². The number of nitrogens with zero attached hydrogens (tertiary/aromatic N) is 2. The zero-order valence-electron chi connectivity index (χ0n) is 14.1. The van der Waals surface area contributed by atoms with E-state index in [1.807, 2.05) is 0 Å². The number of thiophene rings is 1. The number of hydrogen-bond donors (Lipinski definition) is 2. The first-order valence-corrected chi connectivity index (χ1v) is 8.92. The number of amides is 1. The minimum Gasteiger partial charge on any atom is -0.506 e. The number of aryl methyl sites for hydroxylation is 2. The molecule has 6 nitrogen and oxygen atoms in total. The highest BCUT2D eigenvalue weighted by atomic mass is 32.1. The monoisotopic (exact) mass is 357 g/mol. The number of anilines is 1. The standard InChI is InChI=1S/C18H19N3O3S/c1-3-4-9-21-10-19-17-14(18(21)24)11(2)15(25-17)16(23)20-12-7-5-6-8-13(12)22/h5-8,10,22H,3-4,9H2,1-2H3,(H,20,23). The molecule has 2 N–H and O–H groups in total. The zero-order valence-corrected chi connectivity index (χ0v) is 14.9. The Morgan fingerprint density at radius 2 is 2.12 bits per heavy atom. The maximum atomic E-state index is 12.7. The number of carbonyl (C=O) groups is 1. The molecular formula is C18H19N3O3S. The Morgan fingerprint density at radius 3 is 2.84 bits per heavy atom. The zero-order chi connectivity index (χ0) is 18.0. The normalized spacial score (nSPS) is 11.0. The van der Waals surface area contributed by atoms with E-state index in [1.54, 1.807) is 36.0 Å². The summed E-state index contributed by atoms with van der Waals surface area (Å²) < 4.78 is 1.59. The van der Waals surface area contributed by atoms with Gasteiger partial charge in [-0.3, -0.25) is 14.2 Å². The number of nitrogens with one attached hydrogen (secondary N) is 1. The first-order chi connectivity index (χ1) is 12.0. The largest absolute Gasteiger partial charge is 0.506 e. The van der Waals surface area contributed by atoms with Gasteiger partial charge in [0, 0.05) is 6.54 Å². The van der Waals surface area contributed by atoms with Gasteiger partial charge in [-0.05, 0) is 31.0 Å². The molecule has 1 amide bonds. The molecule has 3 rings (SSSR count). The van der Waals surface area contributed by atoms with E-state index in [2.05, 4.69) is 17.2 Å². The van der Waals surface area contributed by atoms with E-state index in [9.17, 15) is 14.7 Å². The average Bonchev–Trinajstić information content (AvgIpc) is 2.94. The van der Waals surface area contributed by atoms with Crippen LogP contribution in [0.1, 0.15) is 35.0 Å². The average molecular weight is 357 g/mol. The molecule has 0 aliphatic heterocycles. The number of rotatable bonds is 5. The lowest BCUT2D eigenvalue weighted by molar-refractivity contribution is 0.102. The van der Waals surface area contributed by atoms with Gasteiger partial charge in [0.25, 0.3) is 11.5 Å². The molecule has 0 aliphatic rings. The van der Waals surface area contributed by atoms with E-state index < -0.39 is 0 Å². The van der Waals surface area contributed by atoms with Crippen molar-refractivity contribution in [2.24, 2.45) is 0 Å². The number of aromatic hydroxyl groups is 1. The molecule has 0 saturated carbocycles. The molecule has 0 saturated heterocycles. The van der Waals surface area contributed by atoms with Crippen molar-refractivity contribution in [1.29, 1.82) is 0 Å². The van der Waals surface area contributed by atoms with Gasteiger partial charge in [-0.1, -0.05) is 25.5 Å². The fourth-order valence-electron chi connectivity index (χ4n) is 2.62. The van der Waals surface area contributed by atoms with Gasteiger partial charge in [-0.15, -0.1) is 11.3 Å². The van der Waals surface area contributed by atoms with Gasteiger partial charge < -0.3 is 10.4 Å². The molecule has 25 heavy (non-hydrogen) atoms. The third-order valence-corrected chi connectivity index (χ3v) is 5.23. The summed E-state index contributed by atoms with van der Waals surface area (Å²) in [7, 11) is 0. The first kappa shape index (κ1) is 17.2. The third-order valence-electron chi connectivity index (χ3n) is 4.03. The van der Waals surface area contributed by atoms with Crippen LogP contribution in [0.3, 0.4) is 0 Å². The molecule has 2 heterocycles.